The Morgan fingerprint density at radius 1 is 0.935 bits per heavy atom. The maximum Gasteiger partial charge on any atom is 0.303 e. The van der Waals surface area contributed by atoms with Crippen molar-refractivity contribution in [3.05, 3.63) is 95.1 Å². The van der Waals surface area contributed by atoms with E-state index in [0.29, 0.717) is 18.7 Å². The fraction of sp³-hybridized carbons (Fsp3) is 0.200. The molecule has 6 nitrogen and oxygen atoms in total. The minimum absolute atomic E-state index is 0.0928. The van der Waals surface area contributed by atoms with Crippen LogP contribution in [0, 0.1) is 0 Å². The number of carboxylic acid groups (broad SMARTS) is 1. The zero-order valence-corrected chi connectivity index (χ0v) is 17.7. The molecular formula is C25H26N2O4. The van der Waals surface area contributed by atoms with Crippen LogP contribution in [0.2, 0.25) is 0 Å². The van der Waals surface area contributed by atoms with Crippen molar-refractivity contribution in [2.75, 3.05) is 19.5 Å². The average molecular weight is 418 g/mol. The van der Waals surface area contributed by atoms with Gasteiger partial charge in [-0.15, -0.1) is 0 Å². The first-order valence-electron chi connectivity index (χ1n) is 9.99. The first kappa shape index (κ1) is 21.9. The highest BCUT2D eigenvalue weighted by Gasteiger charge is 2.10. The van der Waals surface area contributed by atoms with Crippen molar-refractivity contribution in [2.45, 2.75) is 19.4 Å². The van der Waals surface area contributed by atoms with E-state index < -0.39 is 5.97 Å². The molecule has 160 valence electrons. The first-order valence-corrected chi connectivity index (χ1v) is 9.99. The fourth-order valence-electron chi connectivity index (χ4n) is 3.27. The number of hydrogen-bond acceptors (Lipinski definition) is 5. The van der Waals surface area contributed by atoms with Gasteiger partial charge in [0.25, 0.3) is 0 Å². The van der Waals surface area contributed by atoms with Crippen molar-refractivity contribution in [2.24, 2.45) is 5.16 Å². The Labute approximate surface area is 182 Å². The monoisotopic (exact) mass is 418 g/mol. The summed E-state index contributed by atoms with van der Waals surface area (Å²) in [5.41, 5.74) is 5.56. The van der Waals surface area contributed by atoms with Crippen LogP contribution in [0.3, 0.4) is 0 Å². The van der Waals surface area contributed by atoms with Gasteiger partial charge in [0.15, 0.2) is 0 Å². The summed E-state index contributed by atoms with van der Waals surface area (Å²) >= 11 is 0. The largest absolute Gasteiger partial charge is 0.495 e. The predicted octanol–water partition coefficient (Wildman–Crippen LogP) is 4.72. The van der Waals surface area contributed by atoms with Crippen LogP contribution in [0.1, 0.15) is 28.7 Å². The summed E-state index contributed by atoms with van der Waals surface area (Å²) in [7, 11) is 3.15. The zero-order chi connectivity index (χ0) is 22.1. The Bertz CT molecular complexity index is 1050. The number of hydrogen-bond donors (Lipinski definition) is 2. The number of carboxylic acids is 1. The van der Waals surface area contributed by atoms with Crippen LogP contribution < -0.4 is 10.1 Å². The molecule has 0 aliphatic carbocycles. The third-order valence-corrected chi connectivity index (χ3v) is 4.81. The molecule has 0 fully saturated rings. The summed E-state index contributed by atoms with van der Waals surface area (Å²) in [5, 5.41) is 16.5. The van der Waals surface area contributed by atoms with Crippen LogP contribution in [0.15, 0.2) is 78.0 Å². The number of oxime groups is 1. The molecule has 31 heavy (non-hydrogen) atoms. The summed E-state index contributed by atoms with van der Waals surface area (Å²) < 4.78 is 5.49. The molecule has 0 aromatic heterocycles. The van der Waals surface area contributed by atoms with Gasteiger partial charge in [0, 0.05) is 24.1 Å². The topological polar surface area (TPSA) is 80.2 Å². The van der Waals surface area contributed by atoms with Crippen molar-refractivity contribution in [1.82, 2.24) is 0 Å². The highest BCUT2D eigenvalue weighted by molar-refractivity contribution is 6.12. The molecule has 0 spiro atoms. The van der Waals surface area contributed by atoms with E-state index in [1.807, 2.05) is 66.7 Å². The van der Waals surface area contributed by atoms with Gasteiger partial charge in [0.05, 0.1) is 12.8 Å². The minimum Gasteiger partial charge on any atom is -0.495 e. The molecule has 0 saturated carbocycles. The quantitative estimate of drug-likeness (QED) is 0.368. The number of ether oxygens (including phenoxy) is 1. The summed E-state index contributed by atoms with van der Waals surface area (Å²) in [4.78, 5) is 15.9. The molecule has 0 atom stereocenters. The van der Waals surface area contributed by atoms with E-state index in [2.05, 4.69) is 16.5 Å². The molecule has 2 N–H and O–H groups in total. The third kappa shape index (κ3) is 6.09. The Morgan fingerprint density at radius 2 is 1.71 bits per heavy atom. The SMILES string of the molecule is CON=C(c1ccccc1)c1cccc(CNc2ccc(CCC(=O)O)cc2OC)c1. The lowest BCUT2D eigenvalue weighted by Gasteiger charge is -2.14. The van der Waals surface area contributed by atoms with E-state index in [9.17, 15) is 4.79 Å². The number of methoxy groups -OCH3 is 1. The Hall–Kier alpha value is -3.80. The summed E-state index contributed by atoms with van der Waals surface area (Å²) in [6, 6.07) is 23.7. The molecule has 3 aromatic carbocycles. The van der Waals surface area contributed by atoms with E-state index in [0.717, 1.165) is 33.7 Å². The molecule has 0 unspecified atom stereocenters. The van der Waals surface area contributed by atoms with E-state index in [-0.39, 0.29) is 6.42 Å². The summed E-state index contributed by atoms with van der Waals surface area (Å²) in [6.07, 6.45) is 0.560. The summed E-state index contributed by atoms with van der Waals surface area (Å²) in [5.74, 6) is -0.127. The Morgan fingerprint density at radius 3 is 2.42 bits per heavy atom. The molecule has 3 aromatic rings. The molecule has 0 bridgehead atoms. The maximum absolute atomic E-state index is 10.8. The van der Waals surface area contributed by atoms with Crippen LogP contribution in [0.25, 0.3) is 0 Å². The molecule has 0 saturated heterocycles. The van der Waals surface area contributed by atoms with Gasteiger partial charge in [-0.3, -0.25) is 4.79 Å². The fourth-order valence-corrected chi connectivity index (χ4v) is 3.27. The molecule has 0 amide bonds. The molecule has 0 aliphatic rings. The first-order chi connectivity index (χ1) is 15.1. The number of benzene rings is 3. The number of nitrogens with one attached hydrogen (secondary N) is 1. The lowest BCUT2D eigenvalue weighted by Crippen LogP contribution is -2.07. The molecule has 3 rings (SSSR count). The second-order valence-corrected chi connectivity index (χ2v) is 6.97. The zero-order valence-electron chi connectivity index (χ0n) is 17.7. The van der Waals surface area contributed by atoms with Gasteiger partial charge in [-0.05, 0) is 35.7 Å². The van der Waals surface area contributed by atoms with Crippen LogP contribution in [-0.2, 0) is 22.6 Å². The Kier molecular flexibility index (Phi) is 7.65. The average Bonchev–Trinajstić information content (AvgIpc) is 2.80. The standard InChI is InChI=1S/C25H26N2O4/c1-30-23-16-18(12-14-24(28)29)11-13-22(23)26-17-19-7-6-10-21(15-19)25(27-31-2)20-8-4-3-5-9-20/h3-11,13,15-16,26H,12,14,17H2,1-2H3,(H,28,29). The van der Waals surface area contributed by atoms with Gasteiger partial charge in [-0.2, -0.15) is 0 Å². The molecule has 0 heterocycles. The highest BCUT2D eigenvalue weighted by atomic mass is 16.6. The second-order valence-electron chi connectivity index (χ2n) is 6.97. The van der Waals surface area contributed by atoms with E-state index in [1.165, 1.54) is 0 Å². The van der Waals surface area contributed by atoms with E-state index in [1.54, 1.807) is 14.2 Å². The van der Waals surface area contributed by atoms with Crippen LogP contribution in [-0.4, -0.2) is 31.0 Å². The van der Waals surface area contributed by atoms with Crippen molar-refractivity contribution in [3.63, 3.8) is 0 Å². The molecule has 0 aliphatic heterocycles. The number of rotatable bonds is 10. The van der Waals surface area contributed by atoms with Crippen molar-refractivity contribution in [3.8, 4) is 5.75 Å². The Balaban J connectivity index is 1.75. The molecule has 0 radical (unpaired) electrons. The van der Waals surface area contributed by atoms with Gasteiger partial charge < -0.3 is 20.0 Å². The van der Waals surface area contributed by atoms with Crippen molar-refractivity contribution >= 4 is 17.4 Å². The number of nitrogens with zero attached hydrogens (tertiary/aromatic N) is 1. The molecule has 6 heteroatoms. The van der Waals surface area contributed by atoms with E-state index in [4.69, 9.17) is 14.7 Å². The van der Waals surface area contributed by atoms with Crippen molar-refractivity contribution < 1.29 is 19.5 Å². The summed E-state index contributed by atoms with van der Waals surface area (Å²) in [6.45, 7) is 0.591. The van der Waals surface area contributed by atoms with Crippen LogP contribution in [0.4, 0.5) is 5.69 Å². The number of carbonyl (C=O) groups is 1. The van der Waals surface area contributed by atoms with Gasteiger partial charge in [-0.1, -0.05) is 59.8 Å². The third-order valence-electron chi connectivity index (χ3n) is 4.81. The van der Waals surface area contributed by atoms with Crippen LogP contribution in [0.5, 0.6) is 5.75 Å². The predicted molar refractivity (Wildman–Crippen MR) is 122 cm³/mol. The normalized spacial score (nSPS) is 11.1. The van der Waals surface area contributed by atoms with Gasteiger partial charge in [0.2, 0.25) is 0 Å². The highest BCUT2D eigenvalue weighted by Crippen LogP contribution is 2.27. The maximum atomic E-state index is 10.8. The van der Waals surface area contributed by atoms with Gasteiger partial charge in [-0.25, -0.2) is 0 Å². The smallest absolute Gasteiger partial charge is 0.303 e. The lowest BCUT2D eigenvalue weighted by molar-refractivity contribution is -0.136. The number of aryl methyl sites for hydroxylation is 1. The number of aliphatic carboxylic acids is 1. The second kappa shape index (κ2) is 10.8. The van der Waals surface area contributed by atoms with Crippen LogP contribution >= 0.6 is 0 Å². The minimum atomic E-state index is -0.812. The van der Waals surface area contributed by atoms with Crippen molar-refractivity contribution in [1.29, 1.82) is 0 Å². The number of anilines is 1. The van der Waals surface area contributed by atoms with E-state index >= 15 is 0 Å². The molecular weight excluding hydrogens is 392 g/mol. The van der Waals surface area contributed by atoms with Gasteiger partial charge >= 0.3 is 5.97 Å². The van der Waals surface area contributed by atoms with Gasteiger partial charge in [0.1, 0.15) is 18.6 Å². The lowest BCUT2D eigenvalue weighted by atomic mass is 10.0.